The van der Waals surface area contributed by atoms with E-state index in [-0.39, 0.29) is 0 Å². The standard InChI is InChI=1S/C15H20N6/c1-11-8-13(11)20-15(16-2)18-10-12-4-6-17-14(9-12)21-7-3-5-19-21/h3-7,9,11,13H,8,10H2,1-2H3,(H2,16,18,20). The van der Waals surface area contributed by atoms with Gasteiger partial charge in [-0.05, 0) is 36.1 Å². The molecular formula is C15H20N6. The number of pyridine rings is 1. The first-order chi connectivity index (χ1) is 10.3. The average Bonchev–Trinajstić information content (AvgIpc) is 2.98. The second kappa shape index (κ2) is 5.95. The summed E-state index contributed by atoms with van der Waals surface area (Å²) in [7, 11) is 1.80. The predicted octanol–water partition coefficient (Wildman–Crippen LogP) is 1.34. The number of rotatable bonds is 4. The van der Waals surface area contributed by atoms with Crippen LogP contribution in [0, 0.1) is 5.92 Å². The van der Waals surface area contributed by atoms with E-state index >= 15 is 0 Å². The number of aliphatic imine (C=N–C) groups is 1. The first-order valence-electron chi connectivity index (χ1n) is 7.18. The Morgan fingerprint density at radius 1 is 1.48 bits per heavy atom. The van der Waals surface area contributed by atoms with Crippen LogP contribution in [0.3, 0.4) is 0 Å². The largest absolute Gasteiger partial charge is 0.353 e. The van der Waals surface area contributed by atoms with E-state index in [1.807, 2.05) is 24.4 Å². The van der Waals surface area contributed by atoms with Crippen LogP contribution < -0.4 is 10.6 Å². The molecule has 0 saturated heterocycles. The van der Waals surface area contributed by atoms with Crippen molar-refractivity contribution in [3.63, 3.8) is 0 Å². The molecule has 1 aliphatic rings. The van der Waals surface area contributed by atoms with Crippen molar-refractivity contribution in [2.45, 2.75) is 25.9 Å². The fraction of sp³-hybridized carbons (Fsp3) is 0.400. The van der Waals surface area contributed by atoms with Gasteiger partial charge in [0.15, 0.2) is 11.8 Å². The molecule has 2 unspecified atom stereocenters. The lowest BCUT2D eigenvalue weighted by Crippen LogP contribution is -2.38. The molecule has 0 aromatic carbocycles. The topological polar surface area (TPSA) is 67.1 Å². The van der Waals surface area contributed by atoms with Crippen molar-refractivity contribution < 1.29 is 0 Å². The quantitative estimate of drug-likeness (QED) is 0.657. The van der Waals surface area contributed by atoms with E-state index in [2.05, 4.69) is 32.6 Å². The molecule has 6 heteroatoms. The minimum Gasteiger partial charge on any atom is -0.353 e. The van der Waals surface area contributed by atoms with Gasteiger partial charge in [-0.2, -0.15) is 5.10 Å². The van der Waals surface area contributed by atoms with Gasteiger partial charge in [0.2, 0.25) is 0 Å². The minimum absolute atomic E-state index is 0.563. The number of nitrogens with zero attached hydrogens (tertiary/aromatic N) is 4. The number of aromatic nitrogens is 3. The summed E-state index contributed by atoms with van der Waals surface area (Å²) in [6, 6.07) is 6.46. The maximum Gasteiger partial charge on any atom is 0.191 e. The number of hydrogen-bond acceptors (Lipinski definition) is 3. The first-order valence-corrected chi connectivity index (χ1v) is 7.18. The highest BCUT2D eigenvalue weighted by Gasteiger charge is 2.33. The third-order valence-electron chi connectivity index (χ3n) is 3.66. The van der Waals surface area contributed by atoms with Crippen molar-refractivity contribution in [3.05, 3.63) is 42.4 Å². The summed E-state index contributed by atoms with van der Waals surface area (Å²) in [5, 5.41) is 10.9. The maximum atomic E-state index is 4.32. The molecule has 0 amide bonds. The molecule has 110 valence electrons. The highest BCUT2D eigenvalue weighted by Crippen LogP contribution is 2.28. The molecule has 2 heterocycles. The van der Waals surface area contributed by atoms with Gasteiger partial charge in [0.05, 0.1) is 0 Å². The van der Waals surface area contributed by atoms with Gasteiger partial charge in [-0.25, -0.2) is 9.67 Å². The molecule has 6 nitrogen and oxygen atoms in total. The molecule has 21 heavy (non-hydrogen) atoms. The molecule has 0 spiro atoms. The lowest BCUT2D eigenvalue weighted by molar-refractivity contribution is 0.761. The van der Waals surface area contributed by atoms with Crippen LogP contribution >= 0.6 is 0 Å². The monoisotopic (exact) mass is 284 g/mol. The molecule has 1 saturated carbocycles. The molecule has 3 rings (SSSR count). The third kappa shape index (κ3) is 3.39. The molecule has 2 N–H and O–H groups in total. The molecule has 2 aromatic heterocycles. The van der Waals surface area contributed by atoms with Crippen LogP contribution in [0.4, 0.5) is 0 Å². The Bertz CT molecular complexity index is 619. The van der Waals surface area contributed by atoms with Crippen LogP contribution in [0.15, 0.2) is 41.8 Å². The molecule has 0 bridgehead atoms. The molecule has 2 atom stereocenters. The fourth-order valence-corrected chi connectivity index (χ4v) is 2.18. The Morgan fingerprint density at radius 2 is 2.33 bits per heavy atom. The van der Waals surface area contributed by atoms with Crippen molar-refractivity contribution in [2.24, 2.45) is 10.9 Å². The maximum absolute atomic E-state index is 4.32. The van der Waals surface area contributed by atoms with Crippen molar-refractivity contribution in [1.29, 1.82) is 0 Å². The highest BCUT2D eigenvalue weighted by molar-refractivity contribution is 5.80. The lowest BCUT2D eigenvalue weighted by Gasteiger charge is -2.12. The van der Waals surface area contributed by atoms with Crippen molar-refractivity contribution in [3.8, 4) is 5.82 Å². The summed E-state index contributed by atoms with van der Waals surface area (Å²) in [5.74, 6) is 2.41. The Balaban J connectivity index is 1.61. The van der Waals surface area contributed by atoms with Gasteiger partial charge in [0.25, 0.3) is 0 Å². The van der Waals surface area contributed by atoms with Gasteiger partial charge in [0, 0.05) is 38.2 Å². The van der Waals surface area contributed by atoms with Crippen LogP contribution in [0.2, 0.25) is 0 Å². The van der Waals surface area contributed by atoms with Crippen LogP contribution in [0.25, 0.3) is 5.82 Å². The van der Waals surface area contributed by atoms with Gasteiger partial charge in [-0.1, -0.05) is 6.92 Å². The lowest BCUT2D eigenvalue weighted by atomic mass is 10.2. The van der Waals surface area contributed by atoms with Gasteiger partial charge in [0.1, 0.15) is 0 Å². The molecule has 1 aliphatic carbocycles. The second-order valence-electron chi connectivity index (χ2n) is 5.36. The summed E-state index contributed by atoms with van der Waals surface area (Å²) in [6.45, 7) is 2.95. The van der Waals surface area contributed by atoms with Crippen molar-refractivity contribution >= 4 is 5.96 Å². The zero-order chi connectivity index (χ0) is 14.7. The number of guanidine groups is 1. The van der Waals surface area contributed by atoms with E-state index in [1.54, 1.807) is 24.1 Å². The minimum atomic E-state index is 0.563. The van der Waals surface area contributed by atoms with E-state index < -0.39 is 0 Å². The summed E-state index contributed by atoms with van der Waals surface area (Å²) in [5.41, 5.74) is 1.14. The van der Waals surface area contributed by atoms with E-state index in [1.165, 1.54) is 6.42 Å². The predicted molar refractivity (Wildman–Crippen MR) is 82.3 cm³/mol. The Labute approximate surface area is 124 Å². The van der Waals surface area contributed by atoms with Gasteiger partial charge in [-0.15, -0.1) is 0 Å². The normalized spacial score (nSPS) is 21.1. The molecule has 0 aliphatic heterocycles. The zero-order valence-electron chi connectivity index (χ0n) is 12.3. The van der Waals surface area contributed by atoms with Crippen molar-refractivity contribution in [2.75, 3.05) is 7.05 Å². The summed E-state index contributed by atoms with van der Waals surface area (Å²) >= 11 is 0. The van der Waals surface area contributed by atoms with Crippen LogP contribution in [-0.2, 0) is 6.54 Å². The number of nitrogens with one attached hydrogen (secondary N) is 2. The fourth-order valence-electron chi connectivity index (χ4n) is 2.18. The van der Waals surface area contributed by atoms with Crippen LogP contribution in [0.5, 0.6) is 0 Å². The Kier molecular flexibility index (Phi) is 3.85. The highest BCUT2D eigenvalue weighted by atomic mass is 15.3. The van der Waals surface area contributed by atoms with Crippen LogP contribution in [-0.4, -0.2) is 33.8 Å². The van der Waals surface area contributed by atoms with Crippen LogP contribution in [0.1, 0.15) is 18.9 Å². The third-order valence-corrected chi connectivity index (χ3v) is 3.66. The van der Waals surface area contributed by atoms with E-state index in [9.17, 15) is 0 Å². The number of hydrogen-bond donors (Lipinski definition) is 2. The van der Waals surface area contributed by atoms with E-state index in [0.29, 0.717) is 12.6 Å². The zero-order valence-corrected chi connectivity index (χ0v) is 12.3. The van der Waals surface area contributed by atoms with Gasteiger partial charge >= 0.3 is 0 Å². The van der Waals surface area contributed by atoms with Gasteiger partial charge < -0.3 is 10.6 Å². The second-order valence-corrected chi connectivity index (χ2v) is 5.36. The Hall–Kier alpha value is -2.37. The molecule has 1 fully saturated rings. The first kappa shape index (κ1) is 13.6. The summed E-state index contributed by atoms with van der Waals surface area (Å²) in [6.07, 6.45) is 6.65. The molecular weight excluding hydrogens is 264 g/mol. The van der Waals surface area contributed by atoms with Crippen molar-refractivity contribution in [1.82, 2.24) is 25.4 Å². The summed E-state index contributed by atoms with van der Waals surface area (Å²) in [4.78, 5) is 8.58. The SMILES string of the molecule is CN=C(NCc1ccnc(-n2cccn2)c1)NC1CC1C. The van der Waals surface area contributed by atoms with E-state index in [0.717, 1.165) is 23.3 Å². The Morgan fingerprint density at radius 3 is 3.00 bits per heavy atom. The smallest absolute Gasteiger partial charge is 0.191 e. The van der Waals surface area contributed by atoms with Gasteiger partial charge in [-0.3, -0.25) is 4.99 Å². The molecule has 0 radical (unpaired) electrons. The summed E-state index contributed by atoms with van der Waals surface area (Å²) < 4.78 is 1.75. The molecule has 2 aromatic rings. The average molecular weight is 284 g/mol. The van der Waals surface area contributed by atoms with E-state index in [4.69, 9.17) is 0 Å².